The lowest BCUT2D eigenvalue weighted by molar-refractivity contribution is -0.0629. The third-order valence-corrected chi connectivity index (χ3v) is 8.22. The second kappa shape index (κ2) is 11.2. The van der Waals surface area contributed by atoms with Crippen molar-refractivity contribution < 1.29 is 37.9 Å². The Morgan fingerprint density at radius 2 is 1.45 bits per heavy atom. The maximum absolute atomic E-state index is 6.40. The van der Waals surface area contributed by atoms with E-state index in [1.165, 1.54) is 0 Å². The highest BCUT2D eigenvalue weighted by Gasteiger charge is 2.43. The van der Waals surface area contributed by atoms with Crippen LogP contribution in [0.4, 0.5) is 0 Å². The fraction of sp³-hybridized carbons (Fsp3) is 0.739. The zero-order valence-corrected chi connectivity index (χ0v) is 21.4. The topological polar surface area (TPSA) is 73.8 Å². The molecule has 1 saturated heterocycles. The van der Waals surface area contributed by atoms with Crippen molar-refractivity contribution in [3.63, 3.8) is 0 Å². The molecule has 2 unspecified atom stereocenters. The highest BCUT2D eigenvalue weighted by molar-refractivity contribution is 8.03. The Morgan fingerprint density at radius 1 is 0.848 bits per heavy atom. The predicted octanol–water partition coefficient (Wildman–Crippen LogP) is 2.99. The standard InChI is InChI=1S/C23H34O8S2/c1-24-8-22(9-25-2)12-28-16-6-32-18(20(16)30-14-22)5-19-21-17(7-33-19)29-13-23(10-26-3,11-27-4)15-31-21/h6-7,18,20H,5,8-15H2,1-4H3. The second-order valence-electron chi connectivity index (χ2n) is 9.08. The second-order valence-corrected chi connectivity index (χ2v) is 11.2. The Morgan fingerprint density at radius 3 is 2.12 bits per heavy atom. The van der Waals surface area contributed by atoms with Gasteiger partial charge in [0.15, 0.2) is 11.5 Å². The third kappa shape index (κ3) is 5.47. The predicted molar refractivity (Wildman–Crippen MR) is 127 cm³/mol. The first-order chi connectivity index (χ1) is 16.1. The molecule has 0 spiro atoms. The number of rotatable bonds is 10. The monoisotopic (exact) mass is 502 g/mol. The van der Waals surface area contributed by atoms with Gasteiger partial charge in [-0.2, -0.15) is 0 Å². The number of thioether (sulfide) groups is 1. The molecule has 0 aromatic carbocycles. The summed E-state index contributed by atoms with van der Waals surface area (Å²) in [6.45, 7) is 4.05. The van der Waals surface area contributed by atoms with Crippen molar-refractivity contribution in [1.29, 1.82) is 0 Å². The molecule has 4 rings (SSSR count). The van der Waals surface area contributed by atoms with E-state index >= 15 is 0 Å². The molecular weight excluding hydrogens is 468 g/mol. The van der Waals surface area contributed by atoms with Gasteiger partial charge in [0, 0.05) is 50.9 Å². The minimum absolute atomic E-state index is 0.115. The SMILES string of the molecule is COCC1(COC)COc2csc(CC3SC=C4OCC(COC)(COC)COC43)c2OC1. The smallest absolute Gasteiger partial charge is 0.175 e. The molecule has 0 radical (unpaired) electrons. The summed E-state index contributed by atoms with van der Waals surface area (Å²) >= 11 is 3.41. The van der Waals surface area contributed by atoms with Crippen molar-refractivity contribution in [3.05, 3.63) is 21.4 Å². The highest BCUT2D eigenvalue weighted by atomic mass is 32.2. The Bertz CT molecular complexity index is 798. The molecule has 10 heteroatoms. The van der Waals surface area contributed by atoms with Crippen molar-refractivity contribution in [3.8, 4) is 11.5 Å². The lowest BCUT2D eigenvalue weighted by atomic mass is 9.92. The molecule has 0 N–H and O–H groups in total. The molecule has 4 heterocycles. The van der Waals surface area contributed by atoms with Crippen LogP contribution in [0.25, 0.3) is 0 Å². The molecule has 1 aromatic rings. The Hall–Kier alpha value is -1.01. The molecule has 8 nitrogen and oxygen atoms in total. The number of methoxy groups -OCH3 is 4. The minimum Gasteiger partial charge on any atom is -0.494 e. The molecule has 33 heavy (non-hydrogen) atoms. The van der Waals surface area contributed by atoms with Gasteiger partial charge < -0.3 is 37.9 Å². The summed E-state index contributed by atoms with van der Waals surface area (Å²) in [6, 6.07) is 0. The summed E-state index contributed by atoms with van der Waals surface area (Å²) in [5, 5.41) is 4.30. The van der Waals surface area contributed by atoms with Crippen LogP contribution in [0.3, 0.4) is 0 Å². The molecule has 0 amide bonds. The Labute approximate surface area is 203 Å². The van der Waals surface area contributed by atoms with Crippen molar-refractivity contribution in [2.45, 2.75) is 17.8 Å². The largest absolute Gasteiger partial charge is 0.494 e. The lowest BCUT2D eigenvalue weighted by Crippen LogP contribution is -2.42. The lowest BCUT2D eigenvalue weighted by Gasteiger charge is -2.29. The fourth-order valence-corrected chi connectivity index (χ4v) is 6.77. The first kappa shape index (κ1) is 25.1. The zero-order chi connectivity index (χ0) is 23.3. The molecule has 0 aliphatic carbocycles. The average Bonchev–Trinajstić information content (AvgIpc) is 3.26. The molecule has 3 aliphatic rings. The van der Waals surface area contributed by atoms with Crippen molar-refractivity contribution in [2.24, 2.45) is 10.8 Å². The molecular formula is C23H34O8S2. The van der Waals surface area contributed by atoms with Crippen LogP contribution in [0, 0.1) is 10.8 Å². The van der Waals surface area contributed by atoms with Crippen LogP contribution in [0.2, 0.25) is 0 Å². The minimum atomic E-state index is -0.335. The van der Waals surface area contributed by atoms with Gasteiger partial charge in [0.05, 0.1) is 48.7 Å². The van der Waals surface area contributed by atoms with E-state index in [2.05, 4.69) is 5.41 Å². The van der Waals surface area contributed by atoms with Gasteiger partial charge in [-0.1, -0.05) is 0 Å². The van der Waals surface area contributed by atoms with E-state index in [0.717, 1.165) is 28.6 Å². The molecule has 186 valence electrons. The summed E-state index contributed by atoms with van der Waals surface area (Å²) in [4.78, 5) is 1.15. The number of fused-ring (bicyclic) bond motifs is 2. The van der Waals surface area contributed by atoms with E-state index in [-0.39, 0.29) is 22.2 Å². The van der Waals surface area contributed by atoms with Crippen LogP contribution >= 0.6 is 23.1 Å². The van der Waals surface area contributed by atoms with Crippen LogP contribution in [-0.4, -0.2) is 92.6 Å². The number of thiophene rings is 1. The summed E-state index contributed by atoms with van der Waals surface area (Å²) in [5.74, 6) is 2.50. The fourth-order valence-electron chi connectivity index (χ4n) is 4.56. The average molecular weight is 503 g/mol. The van der Waals surface area contributed by atoms with Gasteiger partial charge in [0.1, 0.15) is 31.7 Å². The van der Waals surface area contributed by atoms with Crippen LogP contribution in [0.1, 0.15) is 4.88 Å². The summed E-state index contributed by atoms with van der Waals surface area (Å²) in [6.07, 6.45) is 0.682. The van der Waals surface area contributed by atoms with Crippen LogP contribution < -0.4 is 9.47 Å². The van der Waals surface area contributed by atoms with Crippen molar-refractivity contribution >= 4 is 23.1 Å². The van der Waals surface area contributed by atoms with Gasteiger partial charge in [-0.15, -0.1) is 23.1 Å². The third-order valence-electron chi connectivity index (χ3n) is 6.12. The highest BCUT2D eigenvalue weighted by Crippen LogP contribution is 2.46. The van der Waals surface area contributed by atoms with Gasteiger partial charge in [0.2, 0.25) is 0 Å². The van der Waals surface area contributed by atoms with E-state index in [4.69, 9.17) is 37.9 Å². The van der Waals surface area contributed by atoms with E-state index in [9.17, 15) is 0 Å². The van der Waals surface area contributed by atoms with E-state index < -0.39 is 0 Å². The number of hydrogen-bond acceptors (Lipinski definition) is 10. The van der Waals surface area contributed by atoms with E-state index in [1.54, 1.807) is 51.5 Å². The maximum atomic E-state index is 6.40. The van der Waals surface area contributed by atoms with E-state index in [1.807, 2.05) is 5.38 Å². The molecule has 1 aromatic heterocycles. The summed E-state index contributed by atoms with van der Waals surface area (Å²) < 4.78 is 46.8. The molecule has 2 atom stereocenters. The molecule has 0 bridgehead atoms. The van der Waals surface area contributed by atoms with Crippen LogP contribution in [-0.2, 0) is 34.8 Å². The van der Waals surface area contributed by atoms with E-state index in [0.29, 0.717) is 52.9 Å². The molecule has 3 aliphatic heterocycles. The van der Waals surface area contributed by atoms with Crippen LogP contribution in [0.15, 0.2) is 16.5 Å². The van der Waals surface area contributed by atoms with Crippen LogP contribution in [0.5, 0.6) is 11.5 Å². The zero-order valence-electron chi connectivity index (χ0n) is 19.8. The summed E-state index contributed by atoms with van der Waals surface area (Å²) in [7, 11) is 6.76. The first-order valence-corrected chi connectivity index (χ1v) is 12.8. The summed E-state index contributed by atoms with van der Waals surface area (Å²) in [5.41, 5.74) is -0.647. The van der Waals surface area contributed by atoms with Gasteiger partial charge in [-0.25, -0.2) is 0 Å². The van der Waals surface area contributed by atoms with Crippen molar-refractivity contribution in [1.82, 2.24) is 0 Å². The van der Waals surface area contributed by atoms with Gasteiger partial charge >= 0.3 is 0 Å². The maximum Gasteiger partial charge on any atom is 0.175 e. The van der Waals surface area contributed by atoms with Gasteiger partial charge in [-0.3, -0.25) is 0 Å². The Balaban J connectivity index is 1.44. The normalized spacial score (nSPS) is 25.5. The van der Waals surface area contributed by atoms with Crippen molar-refractivity contribution in [2.75, 3.05) is 81.3 Å². The quantitative estimate of drug-likeness (QED) is 0.480. The first-order valence-electron chi connectivity index (χ1n) is 11.0. The van der Waals surface area contributed by atoms with Gasteiger partial charge in [0.25, 0.3) is 0 Å². The number of ether oxygens (including phenoxy) is 8. The van der Waals surface area contributed by atoms with Gasteiger partial charge in [-0.05, 0) is 0 Å². The number of hydrogen-bond donors (Lipinski definition) is 0. The Kier molecular flexibility index (Phi) is 8.48. The molecule has 1 fully saturated rings. The molecule has 0 saturated carbocycles.